The minimum absolute atomic E-state index is 0. The average Bonchev–Trinajstić information content (AvgIpc) is 1.90. The Morgan fingerprint density at radius 1 is 1.50 bits per heavy atom. The molecule has 0 aromatic carbocycles. The highest BCUT2D eigenvalue weighted by Gasteiger charge is 1.89. The van der Waals surface area contributed by atoms with Gasteiger partial charge in [0.05, 0.1) is 0 Å². The van der Waals surface area contributed by atoms with Gasteiger partial charge < -0.3 is 0 Å². The molecule has 0 unspecified atom stereocenters. The summed E-state index contributed by atoms with van der Waals surface area (Å²) in [5.41, 5.74) is 0.983. The number of rotatable bonds is 1. The Kier molecular flexibility index (Phi) is 4.81. The molecule has 0 amide bonds. The molecule has 10 heavy (non-hydrogen) atoms. The topological polar surface area (TPSA) is 12.9 Å². The summed E-state index contributed by atoms with van der Waals surface area (Å²) in [4.78, 5) is 3.45. The van der Waals surface area contributed by atoms with E-state index in [4.69, 9.17) is 0 Å². The molecule has 0 N–H and O–H groups in total. The van der Waals surface area contributed by atoms with Crippen molar-refractivity contribution >= 4 is 32.9 Å². The van der Waals surface area contributed by atoms with Gasteiger partial charge in [0.15, 0.2) is 0 Å². The molecule has 0 aliphatic carbocycles. The molecule has 0 aliphatic heterocycles. The maximum absolute atomic E-state index is 12.1. The number of alkyl halides is 1. The first kappa shape index (κ1) is 10.0. The summed E-state index contributed by atoms with van der Waals surface area (Å²) in [5, 5.41) is 0.722. The van der Waals surface area contributed by atoms with Gasteiger partial charge in [0.1, 0.15) is 0 Å². The molecule has 0 bridgehead atoms. The molecule has 1 heterocycles. The molecule has 0 atom stereocenters. The summed E-state index contributed by atoms with van der Waals surface area (Å²) in [6.07, 6.45) is 1.50. The summed E-state index contributed by atoms with van der Waals surface area (Å²) < 4.78 is 12.1. The van der Waals surface area contributed by atoms with Crippen molar-refractivity contribution in [3.8, 4) is 0 Å². The second kappa shape index (κ2) is 4.79. The van der Waals surface area contributed by atoms with Gasteiger partial charge in [-0.2, -0.15) is 4.39 Å². The fourth-order valence-electron chi connectivity index (χ4n) is 0.485. The monoisotopic (exact) mass is 269 g/mol. The number of halogens is 3. The van der Waals surface area contributed by atoms with Crippen LogP contribution >= 0.6 is 32.9 Å². The van der Waals surface area contributed by atoms with Crippen LogP contribution in [-0.4, -0.2) is 4.98 Å². The summed E-state index contributed by atoms with van der Waals surface area (Å²) in [7, 11) is 0. The Bertz CT molecular complexity index is 187. The van der Waals surface area contributed by atoms with E-state index in [2.05, 4.69) is 20.9 Å². The maximum Gasteiger partial charge on any atom is 0.212 e. The summed E-state index contributed by atoms with van der Waals surface area (Å²) >= 11 is 3.22. The van der Waals surface area contributed by atoms with E-state index in [1.165, 1.54) is 12.3 Å². The molecule has 1 aromatic rings. The van der Waals surface area contributed by atoms with Gasteiger partial charge in [-0.3, -0.25) is 0 Å². The van der Waals surface area contributed by atoms with E-state index >= 15 is 0 Å². The first-order chi connectivity index (χ1) is 4.33. The molecule has 56 valence electrons. The average molecular weight is 271 g/mol. The second-order valence-electron chi connectivity index (χ2n) is 1.62. The van der Waals surface area contributed by atoms with Crippen LogP contribution in [0.4, 0.5) is 4.39 Å². The number of pyridine rings is 1. The van der Waals surface area contributed by atoms with Crippen LogP contribution in [0, 0.1) is 5.95 Å². The highest BCUT2D eigenvalue weighted by atomic mass is 79.9. The Labute approximate surface area is 77.6 Å². The van der Waals surface area contributed by atoms with Crippen molar-refractivity contribution in [1.82, 2.24) is 4.98 Å². The first-order valence-corrected chi connectivity index (χ1v) is 3.61. The van der Waals surface area contributed by atoms with E-state index in [1.807, 2.05) is 0 Å². The predicted molar refractivity (Wildman–Crippen MR) is 47.1 cm³/mol. The Morgan fingerprint density at radius 2 is 2.20 bits per heavy atom. The third-order valence-electron chi connectivity index (χ3n) is 0.943. The normalized spacial score (nSPS) is 8.60. The molecule has 4 heteroatoms. The van der Waals surface area contributed by atoms with Gasteiger partial charge >= 0.3 is 0 Å². The first-order valence-electron chi connectivity index (χ1n) is 2.49. The fourth-order valence-corrected chi connectivity index (χ4v) is 0.817. The molecule has 1 rings (SSSR count). The zero-order valence-electron chi connectivity index (χ0n) is 5.05. The third kappa shape index (κ3) is 2.75. The van der Waals surface area contributed by atoms with E-state index in [-0.39, 0.29) is 17.0 Å². The van der Waals surface area contributed by atoms with Gasteiger partial charge in [-0.25, -0.2) is 4.98 Å². The largest absolute Gasteiger partial charge is 0.228 e. The van der Waals surface area contributed by atoms with Crippen molar-refractivity contribution < 1.29 is 4.39 Å². The smallest absolute Gasteiger partial charge is 0.212 e. The van der Waals surface area contributed by atoms with E-state index in [9.17, 15) is 4.39 Å². The summed E-state index contributed by atoms with van der Waals surface area (Å²) in [6, 6.07) is 3.04. The number of nitrogens with zero attached hydrogens (tertiary/aromatic N) is 1. The fraction of sp³-hybridized carbons (Fsp3) is 0.167. The molecular weight excluding hydrogens is 265 g/mol. The predicted octanol–water partition coefficient (Wildman–Crippen LogP) is 2.69. The zero-order chi connectivity index (χ0) is 6.69. The van der Waals surface area contributed by atoms with Crippen LogP contribution < -0.4 is 0 Å². The minimum Gasteiger partial charge on any atom is -0.228 e. The van der Waals surface area contributed by atoms with Crippen LogP contribution in [0.5, 0.6) is 0 Å². The van der Waals surface area contributed by atoms with E-state index in [0.717, 1.165) is 10.9 Å². The summed E-state index contributed by atoms with van der Waals surface area (Å²) in [6.45, 7) is 0. The van der Waals surface area contributed by atoms with Gasteiger partial charge in [-0.05, 0) is 11.6 Å². The number of hydrogen-bond acceptors (Lipinski definition) is 1. The Hall–Kier alpha value is 0.0400. The van der Waals surface area contributed by atoms with Gasteiger partial charge in [-0.1, -0.05) is 22.0 Å². The van der Waals surface area contributed by atoms with Crippen molar-refractivity contribution in [3.05, 3.63) is 29.8 Å². The lowest BCUT2D eigenvalue weighted by molar-refractivity contribution is 0.583. The number of aromatic nitrogens is 1. The molecule has 1 nitrogen and oxygen atoms in total. The molecule has 0 fully saturated rings. The lowest BCUT2D eigenvalue weighted by atomic mass is 10.3. The van der Waals surface area contributed by atoms with E-state index in [1.54, 1.807) is 6.07 Å². The zero-order valence-corrected chi connectivity index (χ0v) is 8.35. The van der Waals surface area contributed by atoms with Crippen LogP contribution in [-0.2, 0) is 5.33 Å². The maximum atomic E-state index is 12.1. The molecule has 0 spiro atoms. The van der Waals surface area contributed by atoms with Gasteiger partial charge in [0.25, 0.3) is 0 Å². The summed E-state index contributed by atoms with van der Waals surface area (Å²) in [5.74, 6) is -0.431. The molecule has 0 aliphatic rings. The minimum atomic E-state index is -0.431. The molecular formula is C6H6Br2FN. The van der Waals surface area contributed by atoms with Crippen molar-refractivity contribution in [2.24, 2.45) is 0 Å². The molecule has 0 radical (unpaired) electrons. The van der Waals surface area contributed by atoms with Crippen molar-refractivity contribution in [2.45, 2.75) is 5.33 Å². The lowest BCUT2D eigenvalue weighted by Gasteiger charge is -1.90. The van der Waals surface area contributed by atoms with Crippen molar-refractivity contribution in [2.75, 3.05) is 0 Å². The standard InChI is InChI=1S/C6H5BrFN.BrH/c7-3-5-1-2-6(8)9-4-5;/h1-2,4H,3H2;1H. The Morgan fingerprint density at radius 3 is 2.60 bits per heavy atom. The van der Waals surface area contributed by atoms with Crippen LogP contribution in [0.3, 0.4) is 0 Å². The second-order valence-corrected chi connectivity index (χ2v) is 2.18. The highest BCUT2D eigenvalue weighted by molar-refractivity contribution is 9.08. The van der Waals surface area contributed by atoms with Crippen LogP contribution in [0.2, 0.25) is 0 Å². The van der Waals surface area contributed by atoms with Crippen LogP contribution in [0.15, 0.2) is 18.3 Å². The quantitative estimate of drug-likeness (QED) is 0.565. The SMILES string of the molecule is Br.Fc1ccc(CBr)cn1. The van der Waals surface area contributed by atoms with Crippen LogP contribution in [0.25, 0.3) is 0 Å². The van der Waals surface area contributed by atoms with Gasteiger partial charge in [0.2, 0.25) is 5.95 Å². The molecule has 0 saturated carbocycles. The number of hydrogen-bond donors (Lipinski definition) is 0. The lowest BCUT2D eigenvalue weighted by Crippen LogP contribution is -1.82. The van der Waals surface area contributed by atoms with E-state index in [0.29, 0.717) is 0 Å². The van der Waals surface area contributed by atoms with Gasteiger partial charge in [0, 0.05) is 11.5 Å². The molecule has 1 aromatic heterocycles. The van der Waals surface area contributed by atoms with E-state index < -0.39 is 5.95 Å². The molecule has 0 saturated heterocycles. The third-order valence-corrected chi connectivity index (χ3v) is 1.59. The van der Waals surface area contributed by atoms with Crippen molar-refractivity contribution in [1.29, 1.82) is 0 Å². The Balaban J connectivity index is 0.000000810. The van der Waals surface area contributed by atoms with Crippen LogP contribution in [0.1, 0.15) is 5.56 Å². The highest BCUT2D eigenvalue weighted by Crippen LogP contribution is 2.02. The van der Waals surface area contributed by atoms with Gasteiger partial charge in [-0.15, -0.1) is 17.0 Å². The van der Waals surface area contributed by atoms with Crippen molar-refractivity contribution in [3.63, 3.8) is 0 Å².